The topological polar surface area (TPSA) is 62.4 Å². The molecule has 0 aliphatic carbocycles. The molecule has 0 unspecified atom stereocenters. The monoisotopic (exact) mass is 459 g/mol. The molecule has 1 heterocycles. The van der Waals surface area contributed by atoms with E-state index in [4.69, 9.17) is 28.4 Å². The van der Waals surface area contributed by atoms with Crippen LogP contribution in [0.2, 0.25) is 0 Å². The first-order chi connectivity index (χ1) is 16.5. The number of hydrogen-bond acceptors (Lipinski definition) is 6. The fraction of sp³-hybridized carbons (Fsp3) is 0.250. The molecular formula is C28H29NO5. The molecule has 0 fully saturated rings. The summed E-state index contributed by atoms with van der Waals surface area (Å²) in [4.78, 5) is 5.02. The molecule has 176 valence electrons. The van der Waals surface area contributed by atoms with Gasteiger partial charge in [0.1, 0.15) is 34.5 Å². The van der Waals surface area contributed by atoms with E-state index in [0.717, 1.165) is 50.3 Å². The zero-order valence-electron chi connectivity index (χ0n) is 20.4. The van der Waals surface area contributed by atoms with Crippen LogP contribution in [0.25, 0.3) is 21.9 Å². The molecule has 0 amide bonds. The first-order valence-electron chi connectivity index (χ1n) is 11.1. The molecule has 6 nitrogen and oxygen atoms in total. The van der Waals surface area contributed by atoms with Gasteiger partial charge in [-0.05, 0) is 56.2 Å². The number of methoxy groups -OCH3 is 3. The Balaban J connectivity index is 2.09. The number of aryl methyl sites for hydroxylation is 2. The summed E-state index contributed by atoms with van der Waals surface area (Å²) < 4.78 is 28.3. The molecule has 0 saturated carbocycles. The summed E-state index contributed by atoms with van der Waals surface area (Å²) in [5.74, 6) is 4.45. The molecule has 3 aromatic carbocycles. The summed E-state index contributed by atoms with van der Waals surface area (Å²) in [5.41, 5.74) is 2.70. The third-order valence-electron chi connectivity index (χ3n) is 5.65. The van der Waals surface area contributed by atoms with Crippen molar-refractivity contribution in [1.82, 2.24) is 0 Å². The lowest BCUT2D eigenvalue weighted by Gasteiger charge is -2.05. The maximum absolute atomic E-state index is 6.09. The Kier molecular flexibility index (Phi) is 6.77. The van der Waals surface area contributed by atoms with Gasteiger partial charge < -0.3 is 23.4 Å². The number of fused-ring (bicyclic) bond motifs is 1. The van der Waals surface area contributed by atoms with Gasteiger partial charge in [0.05, 0.1) is 49.8 Å². The zero-order valence-corrected chi connectivity index (χ0v) is 20.4. The van der Waals surface area contributed by atoms with Gasteiger partial charge >= 0.3 is 0 Å². The first kappa shape index (κ1) is 23.2. The maximum Gasteiger partial charge on any atom is 0.131 e. The average Bonchev–Trinajstić information content (AvgIpc) is 3.05. The third kappa shape index (κ3) is 4.57. The number of furan rings is 1. The molecule has 0 saturated heterocycles. The van der Waals surface area contributed by atoms with Gasteiger partial charge in [-0.2, -0.15) is 0 Å². The summed E-state index contributed by atoms with van der Waals surface area (Å²) in [5, 5.41) is 2.58. The highest BCUT2D eigenvalue weighted by Gasteiger charge is 2.16. The van der Waals surface area contributed by atoms with Crippen molar-refractivity contribution in [3.63, 3.8) is 0 Å². The van der Waals surface area contributed by atoms with Gasteiger partial charge in [0.25, 0.3) is 0 Å². The summed E-state index contributed by atoms with van der Waals surface area (Å²) in [6.07, 6.45) is 0. The quantitative estimate of drug-likeness (QED) is 0.321. The number of rotatable bonds is 7. The number of nitrogens with zero attached hydrogens (tertiary/aromatic N) is 1. The van der Waals surface area contributed by atoms with E-state index in [1.54, 1.807) is 21.3 Å². The van der Waals surface area contributed by atoms with Crippen LogP contribution >= 0.6 is 0 Å². The molecule has 4 rings (SSSR count). The van der Waals surface area contributed by atoms with E-state index in [2.05, 4.69) is 6.07 Å². The predicted octanol–water partition coefficient (Wildman–Crippen LogP) is 6.37. The largest absolute Gasteiger partial charge is 0.497 e. The summed E-state index contributed by atoms with van der Waals surface area (Å²) in [6.45, 7) is 6.40. The van der Waals surface area contributed by atoms with Crippen LogP contribution in [-0.4, -0.2) is 27.9 Å². The van der Waals surface area contributed by atoms with E-state index in [-0.39, 0.29) is 0 Å². The van der Waals surface area contributed by atoms with E-state index in [1.165, 1.54) is 0 Å². The van der Waals surface area contributed by atoms with Gasteiger partial charge in [0, 0.05) is 18.2 Å². The van der Waals surface area contributed by atoms with Crippen molar-refractivity contribution in [3.05, 3.63) is 71.5 Å². The van der Waals surface area contributed by atoms with Crippen molar-refractivity contribution in [3.8, 4) is 34.1 Å². The number of ether oxygens (including phenoxy) is 4. The van der Waals surface area contributed by atoms with Crippen LogP contribution in [-0.2, 0) is 0 Å². The molecule has 0 aliphatic rings. The van der Waals surface area contributed by atoms with E-state index < -0.39 is 0 Å². The van der Waals surface area contributed by atoms with Crippen LogP contribution < -0.4 is 24.3 Å². The second-order valence-electron chi connectivity index (χ2n) is 7.80. The van der Waals surface area contributed by atoms with Crippen molar-refractivity contribution >= 4 is 16.5 Å². The van der Waals surface area contributed by atoms with Crippen molar-refractivity contribution < 1.29 is 23.4 Å². The van der Waals surface area contributed by atoms with E-state index >= 15 is 0 Å². The minimum Gasteiger partial charge on any atom is -0.497 e. The smallest absolute Gasteiger partial charge is 0.131 e. The molecule has 1 aromatic heterocycles. The number of benzene rings is 2. The second-order valence-corrected chi connectivity index (χ2v) is 7.80. The Morgan fingerprint density at radius 1 is 0.706 bits per heavy atom. The Hall–Kier alpha value is -3.93. The van der Waals surface area contributed by atoms with Crippen LogP contribution in [0.4, 0.5) is 5.69 Å². The fourth-order valence-corrected chi connectivity index (χ4v) is 4.07. The Labute approximate surface area is 199 Å². The molecule has 4 aromatic rings. The van der Waals surface area contributed by atoms with Crippen molar-refractivity contribution in [2.75, 3.05) is 27.9 Å². The van der Waals surface area contributed by atoms with Crippen LogP contribution in [0.5, 0.6) is 23.0 Å². The molecule has 0 bridgehead atoms. The SMILES string of the molecule is CCOc1cc(-c2ccc(OC)cc2)cc(=Nc2cc(OC)cc(OC)c2)c2c(C)oc(C)c12. The third-order valence-corrected chi connectivity index (χ3v) is 5.65. The van der Waals surface area contributed by atoms with Gasteiger partial charge in [0.2, 0.25) is 0 Å². The van der Waals surface area contributed by atoms with E-state index in [0.29, 0.717) is 23.8 Å². The fourth-order valence-electron chi connectivity index (χ4n) is 4.07. The molecule has 0 radical (unpaired) electrons. The van der Waals surface area contributed by atoms with E-state index in [9.17, 15) is 0 Å². The molecule has 0 N–H and O–H groups in total. The van der Waals surface area contributed by atoms with Crippen molar-refractivity contribution in [1.29, 1.82) is 0 Å². The van der Waals surface area contributed by atoms with Gasteiger partial charge in [-0.25, -0.2) is 4.99 Å². The van der Waals surface area contributed by atoms with Crippen molar-refractivity contribution in [2.24, 2.45) is 4.99 Å². The summed E-state index contributed by atoms with van der Waals surface area (Å²) in [7, 11) is 4.91. The second kappa shape index (κ2) is 9.91. The normalized spacial score (nSPS) is 11.5. The molecule has 34 heavy (non-hydrogen) atoms. The van der Waals surface area contributed by atoms with Crippen LogP contribution in [0.1, 0.15) is 18.4 Å². The molecule has 0 spiro atoms. The molecular weight excluding hydrogens is 430 g/mol. The lowest BCUT2D eigenvalue weighted by Crippen LogP contribution is -2.00. The highest BCUT2D eigenvalue weighted by molar-refractivity contribution is 5.93. The Morgan fingerprint density at radius 3 is 1.91 bits per heavy atom. The lowest BCUT2D eigenvalue weighted by atomic mass is 10.1. The van der Waals surface area contributed by atoms with Gasteiger partial charge in [-0.3, -0.25) is 0 Å². The van der Waals surface area contributed by atoms with Crippen LogP contribution in [0, 0.1) is 13.8 Å². The van der Waals surface area contributed by atoms with E-state index in [1.807, 2.05) is 69.3 Å². The minimum atomic E-state index is 0.532. The maximum atomic E-state index is 6.09. The standard InChI is InChI=1S/C28H29NO5/c1-7-33-26-13-20(19-8-10-22(30-4)11-9-19)12-25(27-17(2)34-18(3)28(26)27)29-21-14-23(31-5)16-24(15-21)32-6/h8-16H,7H2,1-6H3. The summed E-state index contributed by atoms with van der Waals surface area (Å²) in [6, 6.07) is 17.6. The molecule has 0 atom stereocenters. The van der Waals surface area contributed by atoms with Gasteiger partial charge in [0.15, 0.2) is 0 Å². The van der Waals surface area contributed by atoms with Crippen molar-refractivity contribution in [2.45, 2.75) is 20.8 Å². The Morgan fingerprint density at radius 2 is 1.32 bits per heavy atom. The van der Waals surface area contributed by atoms with Crippen LogP contribution in [0.3, 0.4) is 0 Å². The number of hydrogen-bond donors (Lipinski definition) is 0. The molecule has 0 aliphatic heterocycles. The molecule has 6 heteroatoms. The Bertz CT molecular complexity index is 1360. The first-order valence-corrected chi connectivity index (χ1v) is 11.1. The highest BCUT2D eigenvalue weighted by Crippen LogP contribution is 2.35. The van der Waals surface area contributed by atoms with Crippen LogP contribution in [0.15, 0.2) is 64.0 Å². The zero-order chi connectivity index (χ0) is 24.2. The summed E-state index contributed by atoms with van der Waals surface area (Å²) >= 11 is 0. The van der Waals surface area contributed by atoms with Gasteiger partial charge in [-0.15, -0.1) is 0 Å². The van der Waals surface area contributed by atoms with Gasteiger partial charge in [-0.1, -0.05) is 12.1 Å². The minimum absolute atomic E-state index is 0.532. The highest BCUT2D eigenvalue weighted by atomic mass is 16.5. The predicted molar refractivity (Wildman–Crippen MR) is 134 cm³/mol. The average molecular weight is 460 g/mol. The lowest BCUT2D eigenvalue weighted by molar-refractivity contribution is 0.344.